The van der Waals surface area contributed by atoms with Crippen molar-refractivity contribution in [3.8, 4) is 17.0 Å². The highest BCUT2D eigenvalue weighted by molar-refractivity contribution is 7.92. The number of aromatic nitrogens is 2. The van der Waals surface area contributed by atoms with Gasteiger partial charge in [0.2, 0.25) is 21.8 Å². The molecule has 3 amide bonds. The number of benzene rings is 2. The van der Waals surface area contributed by atoms with Crippen LogP contribution in [0, 0.1) is 0 Å². The number of pyridine rings is 2. The summed E-state index contributed by atoms with van der Waals surface area (Å²) in [5.74, 6) is -1.34. The van der Waals surface area contributed by atoms with E-state index in [0.29, 0.717) is 18.6 Å². The molecule has 0 bridgehead atoms. The number of anilines is 2. The molecule has 3 aliphatic rings. The van der Waals surface area contributed by atoms with Gasteiger partial charge in [-0.05, 0) is 69.3 Å². The summed E-state index contributed by atoms with van der Waals surface area (Å²) in [5.41, 5.74) is 4.11. The second-order valence-electron chi connectivity index (χ2n) is 12.9. The normalized spacial score (nSPS) is 16.5. The topological polar surface area (TPSA) is 142 Å². The molecule has 1 aliphatic carbocycles. The molecule has 48 heavy (non-hydrogen) atoms. The molecule has 0 atom stereocenters. The molecule has 12 nitrogen and oxygen atoms in total. The van der Waals surface area contributed by atoms with Crippen LogP contribution in [0.25, 0.3) is 22.0 Å². The predicted octanol–water partition coefficient (Wildman–Crippen LogP) is 4.06. The highest BCUT2D eigenvalue weighted by atomic mass is 32.2. The van der Waals surface area contributed by atoms with Gasteiger partial charge in [-0.2, -0.15) is 0 Å². The fraction of sp³-hybridized carbons (Fsp3) is 0.343. The molecule has 0 radical (unpaired) electrons. The Bertz CT molecular complexity index is 2060. The number of rotatable bonds is 11. The fourth-order valence-electron chi connectivity index (χ4n) is 6.87. The number of hydrogen-bond acceptors (Lipinski definition) is 9. The molecule has 1 fully saturated rings. The SMILES string of the molecule is CN(C)CCCOc1ncc(-c2ccc3ncc4c(c3c2)C2(CCC2)C(=O)N4C)cc1NS(=O)(=O)CCN1C(=O)c2ccccc2C1=O. The number of nitrogens with zero attached hydrogens (tertiary/aromatic N) is 5. The van der Waals surface area contributed by atoms with E-state index in [2.05, 4.69) is 14.7 Å². The zero-order valence-electron chi connectivity index (χ0n) is 27.0. The molecule has 2 aliphatic heterocycles. The van der Waals surface area contributed by atoms with Crippen molar-refractivity contribution in [3.05, 3.63) is 77.6 Å². The summed E-state index contributed by atoms with van der Waals surface area (Å²) in [5, 5.41) is 0.884. The lowest BCUT2D eigenvalue weighted by atomic mass is 9.64. The van der Waals surface area contributed by atoms with Crippen LogP contribution in [0.2, 0.25) is 0 Å². The summed E-state index contributed by atoms with van der Waals surface area (Å²) in [7, 11) is 1.64. The highest BCUT2D eigenvalue weighted by Gasteiger charge is 2.54. The van der Waals surface area contributed by atoms with E-state index >= 15 is 0 Å². The van der Waals surface area contributed by atoms with Crippen LogP contribution in [0.4, 0.5) is 11.4 Å². The van der Waals surface area contributed by atoms with Gasteiger partial charge in [0.25, 0.3) is 11.8 Å². The van der Waals surface area contributed by atoms with Crippen LogP contribution in [0.5, 0.6) is 5.88 Å². The highest BCUT2D eigenvalue weighted by Crippen LogP contribution is 2.55. The zero-order valence-corrected chi connectivity index (χ0v) is 27.8. The standard InChI is InChI=1S/C35H36N6O6S/c1-39(2)14-7-16-47-31-28(38-48(45,46)17-15-41-32(42)24-8-4-5-9-25(24)33(41)43)19-23(20-37-31)22-10-11-27-26(18-22)30-29(21-36-27)40(3)34(44)35(30)12-6-13-35/h4-5,8-11,18-21,38H,6-7,12-17H2,1-3H3. The Morgan fingerprint density at radius 1 is 0.958 bits per heavy atom. The molecule has 13 heteroatoms. The summed E-state index contributed by atoms with van der Waals surface area (Å²) < 4.78 is 35.4. The summed E-state index contributed by atoms with van der Waals surface area (Å²) in [6.45, 7) is 0.769. The molecule has 0 unspecified atom stereocenters. The van der Waals surface area contributed by atoms with Crippen molar-refractivity contribution >= 4 is 50.0 Å². The first-order valence-corrected chi connectivity index (χ1v) is 17.6. The Hall–Kier alpha value is -4.88. The first-order valence-electron chi connectivity index (χ1n) is 15.9. The average Bonchev–Trinajstić information content (AvgIpc) is 3.44. The number of carbonyl (C=O) groups excluding carboxylic acids is 3. The van der Waals surface area contributed by atoms with E-state index < -0.39 is 33.0 Å². The number of amides is 3. The van der Waals surface area contributed by atoms with E-state index in [1.54, 1.807) is 54.7 Å². The molecule has 2 aromatic carbocycles. The monoisotopic (exact) mass is 668 g/mol. The van der Waals surface area contributed by atoms with Crippen LogP contribution >= 0.6 is 0 Å². The van der Waals surface area contributed by atoms with Crippen LogP contribution < -0.4 is 14.4 Å². The quantitative estimate of drug-likeness (QED) is 0.185. The first-order chi connectivity index (χ1) is 23.0. The molecule has 4 aromatic rings. The number of sulfonamides is 1. The van der Waals surface area contributed by atoms with Crippen molar-refractivity contribution < 1.29 is 27.5 Å². The predicted molar refractivity (Wildman–Crippen MR) is 182 cm³/mol. The van der Waals surface area contributed by atoms with E-state index in [-0.39, 0.29) is 35.1 Å². The van der Waals surface area contributed by atoms with Gasteiger partial charge >= 0.3 is 0 Å². The molecule has 248 valence electrons. The van der Waals surface area contributed by atoms with Gasteiger partial charge in [-0.1, -0.05) is 24.6 Å². The summed E-state index contributed by atoms with van der Waals surface area (Å²) in [6, 6.07) is 13.9. The van der Waals surface area contributed by atoms with Crippen molar-refractivity contribution in [3.63, 3.8) is 0 Å². The van der Waals surface area contributed by atoms with Crippen LogP contribution in [-0.4, -0.2) is 92.5 Å². The Balaban J connectivity index is 1.19. The van der Waals surface area contributed by atoms with Gasteiger partial charge in [-0.15, -0.1) is 0 Å². The van der Waals surface area contributed by atoms with Crippen molar-refractivity contribution in [2.24, 2.45) is 0 Å². The van der Waals surface area contributed by atoms with E-state index in [1.807, 2.05) is 37.2 Å². The average molecular weight is 669 g/mol. The molecular weight excluding hydrogens is 632 g/mol. The molecular formula is C35H36N6O6S. The number of ether oxygens (including phenoxy) is 1. The van der Waals surface area contributed by atoms with Gasteiger partial charge in [-0.3, -0.25) is 29.0 Å². The van der Waals surface area contributed by atoms with Crippen molar-refractivity contribution in [1.29, 1.82) is 0 Å². The van der Waals surface area contributed by atoms with E-state index in [4.69, 9.17) is 4.74 Å². The van der Waals surface area contributed by atoms with Gasteiger partial charge in [-0.25, -0.2) is 13.4 Å². The Kier molecular flexibility index (Phi) is 7.91. The molecule has 1 N–H and O–H groups in total. The van der Waals surface area contributed by atoms with Crippen molar-refractivity contribution in [1.82, 2.24) is 19.8 Å². The maximum Gasteiger partial charge on any atom is 0.261 e. The minimum Gasteiger partial charge on any atom is -0.476 e. The Morgan fingerprint density at radius 2 is 1.69 bits per heavy atom. The fourth-order valence-corrected chi connectivity index (χ4v) is 7.88. The van der Waals surface area contributed by atoms with Gasteiger partial charge in [0.05, 0.1) is 46.3 Å². The number of carbonyl (C=O) groups is 3. The van der Waals surface area contributed by atoms with E-state index in [9.17, 15) is 22.8 Å². The number of fused-ring (bicyclic) bond motifs is 5. The minimum absolute atomic E-state index is 0.0961. The lowest BCUT2D eigenvalue weighted by Gasteiger charge is -2.37. The smallest absolute Gasteiger partial charge is 0.261 e. The second-order valence-corrected chi connectivity index (χ2v) is 14.7. The molecule has 1 saturated carbocycles. The molecule has 7 rings (SSSR count). The van der Waals surface area contributed by atoms with Crippen molar-refractivity contribution in [2.75, 3.05) is 56.2 Å². The van der Waals surface area contributed by atoms with Gasteiger partial charge in [0, 0.05) is 42.8 Å². The number of imide groups is 1. The Morgan fingerprint density at radius 3 is 2.35 bits per heavy atom. The molecule has 0 saturated heterocycles. The third-order valence-corrected chi connectivity index (χ3v) is 10.8. The van der Waals surface area contributed by atoms with E-state index in [1.165, 1.54) is 0 Å². The van der Waals surface area contributed by atoms with Crippen LogP contribution in [-0.2, 0) is 20.2 Å². The minimum atomic E-state index is -4.07. The number of hydrogen-bond donors (Lipinski definition) is 1. The molecule has 4 heterocycles. The maximum absolute atomic E-state index is 13.4. The van der Waals surface area contributed by atoms with Gasteiger partial charge < -0.3 is 14.5 Å². The van der Waals surface area contributed by atoms with Crippen LogP contribution in [0.15, 0.2) is 60.9 Å². The molecule has 2 aromatic heterocycles. The zero-order chi connectivity index (χ0) is 33.8. The number of likely N-dealkylation sites (N-methyl/N-ethyl adjacent to an activating group) is 1. The lowest BCUT2D eigenvalue weighted by Crippen LogP contribution is -2.43. The number of nitrogens with one attached hydrogen (secondary N) is 1. The van der Waals surface area contributed by atoms with Gasteiger partial charge in [0.15, 0.2) is 0 Å². The van der Waals surface area contributed by atoms with Gasteiger partial charge in [0.1, 0.15) is 5.69 Å². The first kappa shape index (κ1) is 31.7. The molecule has 1 spiro atoms. The third kappa shape index (κ3) is 5.36. The van der Waals surface area contributed by atoms with Crippen LogP contribution in [0.3, 0.4) is 0 Å². The van der Waals surface area contributed by atoms with Crippen LogP contribution in [0.1, 0.15) is 52.0 Å². The Labute approximate surface area is 278 Å². The third-order valence-electron chi connectivity index (χ3n) is 9.51. The largest absolute Gasteiger partial charge is 0.476 e. The lowest BCUT2D eigenvalue weighted by molar-refractivity contribution is -0.125. The summed E-state index contributed by atoms with van der Waals surface area (Å²) >= 11 is 0. The second kappa shape index (κ2) is 12.0. The van der Waals surface area contributed by atoms with Crippen molar-refractivity contribution in [2.45, 2.75) is 31.1 Å². The van der Waals surface area contributed by atoms with E-state index in [0.717, 1.165) is 58.4 Å². The maximum atomic E-state index is 13.4. The summed E-state index contributed by atoms with van der Waals surface area (Å²) in [4.78, 5) is 52.8. The summed E-state index contributed by atoms with van der Waals surface area (Å²) in [6.07, 6.45) is 6.66.